The molecule has 0 aliphatic heterocycles. The molecule has 264 valence electrons. The lowest BCUT2D eigenvalue weighted by Gasteiger charge is -2.45. The van der Waals surface area contributed by atoms with Crippen LogP contribution < -0.4 is 4.90 Å². The summed E-state index contributed by atoms with van der Waals surface area (Å²) in [5.41, 5.74) is 18.8. The van der Waals surface area contributed by atoms with E-state index in [0.29, 0.717) is 0 Å². The van der Waals surface area contributed by atoms with Gasteiger partial charge < -0.3 is 4.90 Å². The van der Waals surface area contributed by atoms with Crippen LogP contribution in [0.3, 0.4) is 0 Å². The molecule has 0 heterocycles. The molecule has 0 saturated carbocycles. The molecule has 0 amide bonds. The topological polar surface area (TPSA) is 3.24 Å². The third-order valence-corrected chi connectivity index (χ3v) is 13.2. The first kappa shape index (κ1) is 34.0. The molecule has 5 aromatic carbocycles. The average Bonchev–Trinajstić information content (AvgIpc) is 3.54. The van der Waals surface area contributed by atoms with Crippen molar-refractivity contribution < 1.29 is 0 Å². The van der Waals surface area contributed by atoms with Crippen molar-refractivity contribution in [2.45, 2.75) is 75.6 Å². The van der Waals surface area contributed by atoms with Crippen molar-refractivity contribution in [1.82, 2.24) is 0 Å². The van der Waals surface area contributed by atoms with E-state index in [4.69, 9.17) is 0 Å². The van der Waals surface area contributed by atoms with Gasteiger partial charge in [-0.3, -0.25) is 0 Å². The van der Waals surface area contributed by atoms with E-state index in [1.165, 1.54) is 83.0 Å². The van der Waals surface area contributed by atoms with Gasteiger partial charge in [0.2, 0.25) is 0 Å². The van der Waals surface area contributed by atoms with Crippen molar-refractivity contribution >= 4 is 23.1 Å². The highest BCUT2D eigenvalue weighted by molar-refractivity contribution is 7.98. The predicted molar refractivity (Wildman–Crippen MR) is 229 cm³/mol. The van der Waals surface area contributed by atoms with Crippen molar-refractivity contribution in [1.29, 1.82) is 0 Å². The Bertz CT molecular complexity index is 2360. The fraction of sp³-hybridized carbons (Fsp3) is 0.255. The number of allylic oxidation sites excluding steroid dienone is 5. The maximum Gasteiger partial charge on any atom is 0.0629 e. The van der Waals surface area contributed by atoms with Crippen LogP contribution in [0.25, 0.3) is 33.4 Å². The van der Waals surface area contributed by atoms with Crippen LogP contribution in [0.1, 0.15) is 76.3 Å². The van der Waals surface area contributed by atoms with Gasteiger partial charge in [0.15, 0.2) is 0 Å². The van der Waals surface area contributed by atoms with Crippen LogP contribution in [0.15, 0.2) is 150 Å². The minimum atomic E-state index is -0.245. The van der Waals surface area contributed by atoms with Gasteiger partial charge in [0.25, 0.3) is 0 Å². The van der Waals surface area contributed by atoms with Gasteiger partial charge >= 0.3 is 0 Å². The zero-order valence-corrected chi connectivity index (χ0v) is 33.1. The minimum absolute atomic E-state index is 0.0477. The summed E-state index contributed by atoms with van der Waals surface area (Å²) >= 11 is 1.83. The molecule has 0 fully saturated rings. The number of thioether (sulfide) groups is 1. The van der Waals surface area contributed by atoms with Crippen LogP contribution in [0.4, 0.5) is 11.4 Å². The third-order valence-electron chi connectivity index (χ3n) is 12.4. The molecule has 5 aromatic rings. The average molecular weight is 708 g/mol. The van der Waals surface area contributed by atoms with E-state index in [1.807, 2.05) is 11.8 Å². The van der Waals surface area contributed by atoms with Gasteiger partial charge in [-0.1, -0.05) is 176 Å². The Morgan fingerprint density at radius 2 is 1.15 bits per heavy atom. The van der Waals surface area contributed by atoms with E-state index in [0.717, 1.165) is 0 Å². The second kappa shape index (κ2) is 12.1. The Morgan fingerprint density at radius 1 is 0.604 bits per heavy atom. The van der Waals surface area contributed by atoms with Gasteiger partial charge in [0.1, 0.15) is 0 Å². The molecule has 0 radical (unpaired) electrons. The summed E-state index contributed by atoms with van der Waals surface area (Å²) in [6.45, 7) is 17.2. The Kier molecular flexibility index (Phi) is 7.78. The summed E-state index contributed by atoms with van der Waals surface area (Å²) in [4.78, 5) is 4.09. The SMILES string of the molecule is CSc1ccccc1-c1ccccc1N(c1c2c(c(C(C)(C)C)c3c1C(C)(C)c1ccccc1-3)-c1ccccc1C2(C)C)C1C=CC=C2C=CC=CC21. The van der Waals surface area contributed by atoms with Gasteiger partial charge in [-0.2, -0.15) is 0 Å². The Morgan fingerprint density at radius 3 is 1.75 bits per heavy atom. The first-order valence-corrected chi connectivity index (χ1v) is 20.4. The van der Waals surface area contributed by atoms with Crippen LogP contribution in [-0.2, 0) is 16.2 Å². The first-order valence-electron chi connectivity index (χ1n) is 19.2. The van der Waals surface area contributed by atoms with Gasteiger partial charge in [-0.25, -0.2) is 0 Å². The molecule has 2 atom stereocenters. The largest absolute Gasteiger partial charge is 0.332 e. The van der Waals surface area contributed by atoms with Crippen LogP contribution in [0.2, 0.25) is 0 Å². The number of fused-ring (bicyclic) bond motifs is 7. The number of benzene rings is 5. The second-order valence-electron chi connectivity index (χ2n) is 17.2. The lowest BCUT2D eigenvalue weighted by Crippen LogP contribution is -2.41. The predicted octanol–water partition coefficient (Wildman–Crippen LogP) is 13.7. The zero-order chi connectivity index (χ0) is 36.9. The normalized spacial score (nSPS) is 19.6. The fourth-order valence-electron chi connectivity index (χ4n) is 10.2. The summed E-state index contributed by atoms with van der Waals surface area (Å²) in [6.07, 6.45) is 18.5. The monoisotopic (exact) mass is 707 g/mol. The minimum Gasteiger partial charge on any atom is -0.332 e. The van der Waals surface area contributed by atoms with Gasteiger partial charge in [-0.15, -0.1) is 11.8 Å². The summed E-state index contributed by atoms with van der Waals surface area (Å²) in [7, 11) is 0. The molecule has 4 aliphatic rings. The van der Waals surface area contributed by atoms with Crippen molar-refractivity contribution in [2.75, 3.05) is 11.2 Å². The highest BCUT2D eigenvalue weighted by atomic mass is 32.2. The number of nitrogens with zero attached hydrogens (tertiary/aromatic N) is 1. The van der Waals surface area contributed by atoms with Crippen molar-refractivity contribution in [3.63, 3.8) is 0 Å². The molecule has 53 heavy (non-hydrogen) atoms. The van der Waals surface area contributed by atoms with E-state index in [-0.39, 0.29) is 28.2 Å². The van der Waals surface area contributed by atoms with Gasteiger partial charge in [-0.05, 0) is 85.0 Å². The van der Waals surface area contributed by atoms with Gasteiger partial charge in [0.05, 0.1) is 11.7 Å². The van der Waals surface area contributed by atoms with Crippen LogP contribution in [-0.4, -0.2) is 12.3 Å². The molecular weight excluding hydrogens is 659 g/mol. The molecule has 0 spiro atoms. The van der Waals surface area contributed by atoms with E-state index in [1.54, 1.807) is 0 Å². The lowest BCUT2D eigenvalue weighted by atomic mass is 9.70. The van der Waals surface area contributed by atoms with E-state index >= 15 is 0 Å². The Balaban J connectivity index is 1.50. The van der Waals surface area contributed by atoms with Crippen molar-refractivity contribution in [2.24, 2.45) is 5.92 Å². The Labute approximate surface area is 320 Å². The van der Waals surface area contributed by atoms with Crippen molar-refractivity contribution in [3.05, 3.63) is 173 Å². The van der Waals surface area contributed by atoms with E-state index in [2.05, 4.69) is 199 Å². The molecule has 0 aromatic heterocycles. The molecule has 2 unspecified atom stereocenters. The standard InChI is InChI=1S/C51H49NS/c1-49(2,3)45-43-36-25-11-15-27-38(36)50(4,5)46(43)48(47-44(45)37-26-12-16-28-39(37)51(47,6)7)52(40-30-19-21-32-20-9-10-22-33(32)40)41-29-17-13-23-34(41)35-24-14-18-31-42(35)53-8/h9-31,33,40H,1-8H3. The number of hydrogen-bond donors (Lipinski definition) is 0. The smallest absolute Gasteiger partial charge is 0.0629 e. The van der Waals surface area contributed by atoms with Crippen LogP contribution in [0, 0.1) is 5.92 Å². The van der Waals surface area contributed by atoms with Crippen LogP contribution in [0.5, 0.6) is 0 Å². The molecule has 2 heteroatoms. The number of anilines is 2. The van der Waals surface area contributed by atoms with E-state index < -0.39 is 0 Å². The molecule has 0 N–H and O–H groups in total. The highest BCUT2D eigenvalue weighted by Gasteiger charge is 2.51. The summed E-state index contributed by atoms with van der Waals surface area (Å²) in [6, 6.07) is 36.7. The first-order chi connectivity index (χ1) is 25.5. The zero-order valence-electron chi connectivity index (χ0n) is 32.3. The van der Waals surface area contributed by atoms with Crippen LogP contribution >= 0.6 is 11.8 Å². The van der Waals surface area contributed by atoms with Gasteiger partial charge in [0, 0.05) is 32.9 Å². The fourth-order valence-corrected chi connectivity index (χ4v) is 10.8. The van der Waals surface area contributed by atoms with Crippen molar-refractivity contribution in [3.8, 4) is 33.4 Å². The number of hydrogen-bond acceptors (Lipinski definition) is 2. The quantitative estimate of drug-likeness (QED) is 0.167. The summed E-state index contributed by atoms with van der Waals surface area (Å²) < 4.78 is 0. The number of rotatable bonds is 5. The maximum absolute atomic E-state index is 2.80. The third kappa shape index (κ3) is 4.91. The van der Waals surface area contributed by atoms with E-state index in [9.17, 15) is 0 Å². The maximum atomic E-state index is 2.80. The highest BCUT2D eigenvalue weighted by Crippen LogP contribution is 2.65. The molecule has 0 saturated heterocycles. The molecule has 0 bridgehead atoms. The molecular formula is C51H49NS. The Hall–Kier alpha value is -4.79. The number of para-hydroxylation sites is 1. The molecule has 9 rings (SSSR count). The molecule has 1 nitrogen and oxygen atoms in total. The summed E-state index contributed by atoms with van der Waals surface area (Å²) in [5.74, 6) is 0.196. The second-order valence-corrected chi connectivity index (χ2v) is 18.1. The summed E-state index contributed by atoms with van der Waals surface area (Å²) in [5, 5.41) is 0. The lowest BCUT2D eigenvalue weighted by molar-refractivity contribution is 0.582. The molecule has 4 aliphatic carbocycles.